The van der Waals surface area contributed by atoms with Gasteiger partial charge >= 0.3 is 0 Å². The highest BCUT2D eigenvalue weighted by Crippen LogP contribution is 2.34. The molecule has 0 saturated heterocycles. The maximum absolute atomic E-state index is 3.94. The molecule has 0 aromatic heterocycles. The summed E-state index contributed by atoms with van der Waals surface area (Å²) in [6.07, 6.45) is 20.0. The number of allylic oxidation sites excluding steroid dienone is 1. The second-order valence-electron chi connectivity index (χ2n) is 7.43. The van der Waals surface area contributed by atoms with Gasteiger partial charge in [-0.2, -0.15) is 0 Å². The molecule has 2 saturated carbocycles. The summed E-state index contributed by atoms with van der Waals surface area (Å²) in [6, 6.07) is 0. The summed E-state index contributed by atoms with van der Waals surface area (Å²) >= 11 is 0. The van der Waals surface area contributed by atoms with E-state index in [0.717, 1.165) is 23.7 Å². The van der Waals surface area contributed by atoms with Crippen LogP contribution in [0.25, 0.3) is 0 Å². The van der Waals surface area contributed by atoms with E-state index < -0.39 is 0 Å². The van der Waals surface area contributed by atoms with Gasteiger partial charge in [-0.15, -0.1) is 6.58 Å². The molecule has 2 rings (SSSR count). The van der Waals surface area contributed by atoms with Gasteiger partial charge < -0.3 is 0 Å². The van der Waals surface area contributed by atoms with Crippen LogP contribution < -0.4 is 0 Å². The van der Waals surface area contributed by atoms with Gasteiger partial charge in [0.1, 0.15) is 0 Å². The second kappa shape index (κ2) is 8.12. The van der Waals surface area contributed by atoms with E-state index in [2.05, 4.69) is 19.6 Å². The highest BCUT2D eigenvalue weighted by atomic mass is 14.3. The van der Waals surface area contributed by atoms with Gasteiger partial charge in [-0.3, -0.25) is 0 Å². The monoisotopic (exact) mass is 262 g/mol. The summed E-state index contributed by atoms with van der Waals surface area (Å²) in [5, 5.41) is 0. The minimum absolute atomic E-state index is 0.834. The molecule has 0 atom stereocenters. The highest BCUT2D eigenvalue weighted by molar-refractivity contribution is 4.84. The minimum atomic E-state index is 0.834. The van der Waals surface area contributed by atoms with Crippen molar-refractivity contribution < 1.29 is 0 Å². The quantitative estimate of drug-likeness (QED) is 0.385. The van der Waals surface area contributed by atoms with Crippen LogP contribution in [0.15, 0.2) is 12.7 Å². The van der Waals surface area contributed by atoms with Crippen LogP contribution >= 0.6 is 0 Å². The molecule has 0 aliphatic heterocycles. The first kappa shape index (κ1) is 15.1. The lowest BCUT2D eigenvalue weighted by molar-refractivity contribution is 0.259. The predicted octanol–water partition coefficient (Wildman–Crippen LogP) is 6.37. The molecule has 110 valence electrons. The van der Waals surface area contributed by atoms with Crippen molar-refractivity contribution in [2.45, 2.75) is 84.0 Å². The Balaban J connectivity index is 1.49. The lowest BCUT2D eigenvalue weighted by atomic mass is 9.78. The van der Waals surface area contributed by atoms with Crippen LogP contribution in [0.5, 0.6) is 0 Å². The smallest absolute Gasteiger partial charge is 0.0236 e. The summed E-state index contributed by atoms with van der Waals surface area (Å²) in [4.78, 5) is 0. The van der Waals surface area contributed by atoms with Crippen molar-refractivity contribution in [3.05, 3.63) is 12.7 Å². The fourth-order valence-corrected chi connectivity index (χ4v) is 4.20. The van der Waals surface area contributed by atoms with Crippen molar-refractivity contribution in [3.63, 3.8) is 0 Å². The zero-order valence-electron chi connectivity index (χ0n) is 13.1. The Morgan fingerprint density at radius 2 is 1.26 bits per heavy atom. The van der Waals surface area contributed by atoms with E-state index in [0.29, 0.717) is 0 Å². The van der Waals surface area contributed by atoms with E-state index in [-0.39, 0.29) is 0 Å². The summed E-state index contributed by atoms with van der Waals surface area (Å²) in [5.41, 5.74) is 0. The molecule has 2 fully saturated rings. The second-order valence-corrected chi connectivity index (χ2v) is 7.43. The standard InChI is InChI=1S/C19H34/c1-3-17-12-14-19(15-13-17)7-5-4-6-18-10-8-16(2)9-11-18/h3,16-19H,1,4-15H2,2H3. The molecule has 2 aliphatic carbocycles. The average Bonchev–Trinajstić information content (AvgIpc) is 2.46. The molecule has 0 N–H and O–H groups in total. The zero-order valence-corrected chi connectivity index (χ0v) is 13.1. The highest BCUT2D eigenvalue weighted by Gasteiger charge is 2.20. The number of hydrogen-bond acceptors (Lipinski definition) is 0. The number of unbranched alkanes of at least 4 members (excludes halogenated alkanes) is 1. The van der Waals surface area contributed by atoms with Gasteiger partial charge in [-0.05, 0) is 49.4 Å². The van der Waals surface area contributed by atoms with Crippen LogP contribution in [0.3, 0.4) is 0 Å². The molecule has 19 heavy (non-hydrogen) atoms. The first-order valence-corrected chi connectivity index (χ1v) is 8.90. The Labute approximate surface area is 121 Å². The molecule has 0 spiro atoms. The molecule has 0 nitrogen and oxygen atoms in total. The lowest BCUT2D eigenvalue weighted by Gasteiger charge is -2.28. The molecule has 0 bridgehead atoms. The molecule has 0 heteroatoms. The van der Waals surface area contributed by atoms with Crippen LogP contribution in [0.1, 0.15) is 84.0 Å². The van der Waals surface area contributed by atoms with Gasteiger partial charge in [-0.1, -0.05) is 64.4 Å². The van der Waals surface area contributed by atoms with Crippen LogP contribution in [0, 0.1) is 23.7 Å². The Morgan fingerprint density at radius 3 is 1.74 bits per heavy atom. The van der Waals surface area contributed by atoms with Gasteiger partial charge in [0, 0.05) is 0 Å². The van der Waals surface area contributed by atoms with Crippen LogP contribution in [0.2, 0.25) is 0 Å². The molecular weight excluding hydrogens is 228 g/mol. The Bertz CT molecular complexity index is 239. The van der Waals surface area contributed by atoms with Gasteiger partial charge in [0.2, 0.25) is 0 Å². The van der Waals surface area contributed by atoms with Crippen molar-refractivity contribution >= 4 is 0 Å². The first-order chi connectivity index (χ1) is 9.28. The van der Waals surface area contributed by atoms with Gasteiger partial charge in [0.15, 0.2) is 0 Å². The van der Waals surface area contributed by atoms with Crippen molar-refractivity contribution in [2.24, 2.45) is 23.7 Å². The van der Waals surface area contributed by atoms with E-state index >= 15 is 0 Å². The molecule has 2 aliphatic rings. The Hall–Kier alpha value is -0.260. The van der Waals surface area contributed by atoms with Crippen molar-refractivity contribution in [1.82, 2.24) is 0 Å². The normalized spacial score (nSPS) is 36.1. The molecule has 0 radical (unpaired) electrons. The summed E-state index contributed by atoms with van der Waals surface area (Å²) in [7, 11) is 0. The Morgan fingerprint density at radius 1 is 0.789 bits per heavy atom. The van der Waals surface area contributed by atoms with Crippen molar-refractivity contribution in [1.29, 1.82) is 0 Å². The summed E-state index contributed by atoms with van der Waals surface area (Å²) in [6.45, 7) is 6.37. The van der Waals surface area contributed by atoms with E-state index in [1.165, 1.54) is 77.0 Å². The van der Waals surface area contributed by atoms with E-state index in [1.807, 2.05) is 0 Å². The van der Waals surface area contributed by atoms with E-state index in [4.69, 9.17) is 0 Å². The molecule has 0 aromatic rings. The van der Waals surface area contributed by atoms with Crippen LogP contribution in [-0.4, -0.2) is 0 Å². The third kappa shape index (κ3) is 5.32. The topological polar surface area (TPSA) is 0 Å². The largest absolute Gasteiger partial charge is 0.103 e. The van der Waals surface area contributed by atoms with Gasteiger partial charge in [0.05, 0.1) is 0 Å². The number of hydrogen-bond donors (Lipinski definition) is 0. The molecule has 0 aromatic carbocycles. The van der Waals surface area contributed by atoms with Gasteiger partial charge in [-0.25, -0.2) is 0 Å². The fraction of sp³-hybridized carbons (Fsp3) is 0.895. The minimum Gasteiger partial charge on any atom is -0.103 e. The predicted molar refractivity (Wildman–Crippen MR) is 85.2 cm³/mol. The number of rotatable bonds is 6. The Kier molecular flexibility index (Phi) is 6.47. The summed E-state index contributed by atoms with van der Waals surface area (Å²) < 4.78 is 0. The third-order valence-corrected chi connectivity index (χ3v) is 5.83. The maximum atomic E-state index is 3.94. The fourth-order valence-electron chi connectivity index (χ4n) is 4.20. The lowest BCUT2D eigenvalue weighted by Crippen LogP contribution is -2.14. The first-order valence-electron chi connectivity index (χ1n) is 8.90. The van der Waals surface area contributed by atoms with Crippen LogP contribution in [-0.2, 0) is 0 Å². The molecule has 0 amide bonds. The van der Waals surface area contributed by atoms with E-state index in [9.17, 15) is 0 Å². The molecule has 0 heterocycles. The molecular formula is C19H34. The van der Waals surface area contributed by atoms with Crippen molar-refractivity contribution in [3.8, 4) is 0 Å². The van der Waals surface area contributed by atoms with Crippen molar-refractivity contribution in [2.75, 3.05) is 0 Å². The zero-order chi connectivity index (χ0) is 13.5. The van der Waals surface area contributed by atoms with Crippen LogP contribution in [0.4, 0.5) is 0 Å². The van der Waals surface area contributed by atoms with Gasteiger partial charge in [0.25, 0.3) is 0 Å². The average molecular weight is 262 g/mol. The third-order valence-electron chi connectivity index (χ3n) is 5.83. The molecule has 0 unspecified atom stereocenters. The van der Waals surface area contributed by atoms with E-state index in [1.54, 1.807) is 0 Å². The SMILES string of the molecule is C=CC1CCC(CCCCC2CCC(C)CC2)CC1. The summed E-state index contributed by atoms with van der Waals surface area (Å²) in [5.74, 6) is 3.96. The maximum Gasteiger partial charge on any atom is -0.0236 e.